The number of rotatable bonds is 39. The summed E-state index contributed by atoms with van der Waals surface area (Å²) in [4.78, 5) is 176. The Morgan fingerprint density at radius 2 is 1.15 bits per heavy atom. The molecule has 0 aromatic rings. The minimum Gasteiger partial charge on any atom is -0.394 e. The molecule has 0 unspecified atom stereocenters. The van der Waals surface area contributed by atoms with Crippen LogP contribution in [0.3, 0.4) is 0 Å². The Morgan fingerprint density at radius 1 is 0.622 bits per heavy atom. The number of azide groups is 1. The largest absolute Gasteiger partial charge is 0.394 e. The van der Waals surface area contributed by atoms with Crippen LogP contribution < -0.4 is 81.4 Å². The van der Waals surface area contributed by atoms with E-state index in [1.807, 2.05) is 0 Å². The molecule has 21 N–H and O–H groups in total. The average molecular weight is 1190 g/mol. The number of nitrogens with zero attached hydrogens (tertiary/aromatic N) is 5. The summed E-state index contributed by atoms with van der Waals surface area (Å²) in [6.45, 7) is -0.581. The quantitative estimate of drug-likeness (QED) is 0.00517. The first kappa shape index (κ1) is 71.9. The van der Waals surface area contributed by atoms with Gasteiger partial charge in [0.05, 0.1) is 45.4 Å². The number of aliphatic imine (C=N–C) groups is 1. The summed E-state index contributed by atoms with van der Waals surface area (Å²) in [7, 11) is 1.31. The summed E-state index contributed by atoms with van der Waals surface area (Å²) >= 11 is 4.23. The Balaban J connectivity index is 3.05. The van der Waals surface area contributed by atoms with Gasteiger partial charge >= 0.3 is 0 Å². The average Bonchev–Trinajstić information content (AvgIpc) is 3.96. The third-order valence-corrected chi connectivity index (χ3v) is 12.3. The number of aliphatic hydroxyl groups excluding tert-OH is 2. The van der Waals surface area contributed by atoms with Crippen LogP contribution in [0.15, 0.2) is 10.1 Å². The van der Waals surface area contributed by atoms with Gasteiger partial charge in [-0.1, -0.05) is 25.4 Å². The molecule has 0 aliphatic carbocycles. The van der Waals surface area contributed by atoms with Crippen LogP contribution in [0.4, 0.5) is 0 Å². The molecule has 1 rings (SSSR count). The van der Waals surface area contributed by atoms with E-state index in [-0.39, 0.29) is 69.4 Å². The third-order valence-electron chi connectivity index (χ3n) is 11.9. The number of hydrogen-bond acceptors (Lipinski definition) is 19. The summed E-state index contributed by atoms with van der Waals surface area (Å²) in [5.74, 6) is -11.8. The van der Waals surface area contributed by atoms with Crippen LogP contribution in [0.2, 0.25) is 0 Å². The minimum atomic E-state index is -1.76. The van der Waals surface area contributed by atoms with E-state index in [1.165, 1.54) is 11.9 Å². The second-order valence-electron chi connectivity index (χ2n) is 19.0. The third kappa shape index (κ3) is 28.4. The van der Waals surface area contributed by atoms with E-state index in [2.05, 4.69) is 86.1 Å². The van der Waals surface area contributed by atoms with Crippen LogP contribution in [-0.4, -0.2) is 218 Å². The molecule has 82 heavy (non-hydrogen) atoms. The molecule has 460 valence electrons. The van der Waals surface area contributed by atoms with Gasteiger partial charge in [-0.15, -0.1) is 0 Å². The SMILES string of the molecule is CNC(=O)[C@H](CO)NC(=O)[C@H](CC(C)C)NC(=O)[C@H](CS)NC(=O)[C@@H]1CCCN1C(=O)[C@H](CCCN=C(N)N)NC(=O)[C@H](CCC(N)=O)NC(=O)[C@H](CO)NC(=O)CNC(=O)CNC(=O)CNC(=O)CNC(=O)[C@@H](N)CCCCN=[N+]=[N-]. The molecule has 0 radical (unpaired) electrons. The fourth-order valence-electron chi connectivity index (χ4n) is 7.63. The zero-order valence-corrected chi connectivity index (χ0v) is 46.9. The van der Waals surface area contributed by atoms with Crippen LogP contribution in [0.5, 0.6) is 0 Å². The van der Waals surface area contributed by atoms with Crippen molar-refractivity contribution in [1.82, 2.24) is 63.4 Å². The van der Waals surface area contributed by atoms with Crippen molar-refractivity contribution in [3.63, 3.8) is 0 Å². The van der Waals surface area contributed by atoms with E-state index in [9.17, 15) is 72.5 Å². The molecule has 0 spiro atoms. The molecule has 0 saturated carbocycles. The highest BCUT2D eigenvalue weighted by Gasteiger charge is 2.40. The number of primary amides is 1. The summed E-state index contributed by atoms with van der Waals surface area (Å²) in [5.41, 5.74) is 30.4. The van der Waals surface area contributed by atoms with Crippen molar-refractivity contribution in [2.45, 2.75) is 126 Å². The number of thiol groups is 1. The first-order chi connectivity index (χ1) is 38.8. The Morgan fingerprint density at radius 3 is 1.70 bits per heavy atom. The van der Waals surface area contributed by atoms with Crippen molar-refractivity contribution in [1.29, 1.82) is 0 Å². The number of carbonyl (C=O) groups is 13. The van der Waals surface area contributed by atoms with Crippen LogP contribution in [0, 0.1) is 5.92 Å². The standard InChI is InChI=1S/C46H80N20O15S/c1-24(2)16-28(41(77)63-29(21-67)39(75)52-3)62-43(79)31(23-82)64-44(80)32-10-7-15-66(32)45(81)27(9-6-13-53-46(49)50)61-40(76)26(11-12-33(48)69)60-42(78)30(22-68)59-37(73)20-56-35(71)18-54-34(70)17-55-36(72)19-57-38(74)25(47)8-4-5-14-58-65-51/h24-32,67-68,82H,4-23,47H2,1-3H3,(H2,48,69)(H,52,75)(H,54,70)(H,55,72)(H,56,71)(H,57,74)(H,59,73)(H,60,78)(H,61,76)(H,62,79)(H,63,77)(H,64,80)(H4,49,50,53)/t25-,26-,27-,28-,29-,30-,31-,32-/m0/s1. The molecular weight excluding hydrogens is 1100 g/mol. The van der Waals surface area contributed by atoms with Gasteiger partial charge in [0.2, 0.25) is 76.8 Å². The van der Waals surface area contributed by atoms with Crippen LogP contribution in [0.25, 0.3) is 10.4 Å². The number of unbranched alkanes of at least 4 members (excludes halogenated alkanes) is 1. The van der Waals surface area contributed by atoms with E-state index in [0.29, 0.717) is 19.3 Å². The van der Waals surface area contributed by atoms with E-state index in [0.717, 1.165) is 0 Å². The maximum atomic E-state index is 14.4. The molecule has 1 saturated heterocycles. The number of carbonyl (C=O) groups excluding carboxylic acids is 13. The lowest BCUT2D eigenvalue weighted by molar-refractivity contribution is -0.142. The van der Waals surface area contributed by atoms with Gasteiger partial charge in [0, 0.05) is 43.8 Å². The normalized spacial score (nSPS) is 15.1. The van der Waals surface area contributed by atoms with Crippen molar-refractivity contribution in [2.24, 2.45) is 39.0 Å². The van der Waals surface area contributed by atoms with Gasteiger partial charge in [-0.2, -0.15) is 12.6 Å². The van der Waals surface area contributed by atoms with Crippen molar-refractivity contribution >= 4 is 95.4 Å². The molecule has 1 heterocycles. The molecule has 36 heteroatoms. The van der Waals surface area contributed by atoms with Crippen LogP contribution >= 0.6 is 12.6 Å². The summed E-state index contributed by atoms with van der Waals surface area (Å²) in [5, 5.41) is 48.8. The summed E-state index contributed by atoms with van der Waals surface area (Å²) < 4.78 is 0. The number of nitrogens with two attached hydrogens (primary N) is 4. The van der Waals surface area contributed by atoms with E-state index in [4.69, 9.17) is 28.5 Å². The van der Waals surface area contributed by atoms with Gasteiger partial charge in [-0.3, -0.25) is 67.3 Å². The lowest BCUT2D eigenvalue weighted by atomic mass is 10.0. The smallest absolute Gasteiger partial charge is 0.245 e. The van der Waals surface area contributed by atoms with E-state index in [1.54, 1.807) is 13.8 Å². The molecule has 1 aliphatic rings. The summed E-state index contributed by atoms with van der Waals surface area (Å²) in [6.07, 6.45) is 0.767. The fraction of sp³-hybridized carbons (Fsp3) is 0.696. The molecular formula is C46H80N20O15S. The van der Waals surface area contributed by atoms with Gasteiger partial charge in [0.1, 0.15) is 42.3 Å². The topological polar surface area (TPSA) is 563 Å². The predicted molar refractivity (Wildman–Crippen MR) is 294 cm³/mol. The van der Waals surface area contributed by atoms with Crippen LogP contribution in [0.1, 0.15) is 78.1 Å². The van der Waals surface area contributed by atoms with Gasteiger partial charge in [-0.05, 0) is 62.8 Å². The van der Waals surface area contributed by atoms with Crippen molar-refractivity contribution < 1.29 is 72.5 Å². The van der Waals surface area contributed by atoms with E-state index >= 15 is 0 Å². The number of nitrogens with one attached hydrogen (secondary N) is 11. The molecule has 8 atom stereocenters. The van der Waals surface area contributed by atoms with Gasteiger partial charge in [-0.25, -0.2) is 0 Å². The highest BCUT2D eigenvalue weighted by atomic mass is 32.1. The van der Waals surface area contributed by atoms with Gasteiger partial charge < -0.3 is 96.5 Å². The minimum absolute atomic E-state index is 0.00314. The van der Waals surface area contributed by atoms with Gasteiger partial charge in [0.25, 0.3) is 0 Å². The second-order valence-corrected chi connectivity index (χ2v) is 19.3. The summed E-state index contributed by atoms with van der Waals surface area (Å²) in [6, 6.07) is -10.9. The molecule has 1 fully saturated rings. The Bertz CT molecular complexity index is 2300. The number of hydrogen-bond donors (Lipinski definition) is 18. The number of aliphatic hydroxyl groups is 2. The predicted octanol–water partition coefficient (Wildman–Crippen LogP) is -8.82. The number of amides is 13. The maximum absolute atomic E-state index is 14.4. The molecule has 0 aromatic heterocycles. The molecule has 35 nitrogen and oxygen atoms in total. The molecule has 13 amide bonds. The fourth-order valence-corrected chi connectivity index (χ4v) is 7.88. The van der Waals surface area contributed by atoms with Crippen molar-refractivity contribution in [3.05, 3.63) is 10.4 Å². The van der Waals surface area contributed by atoms with Gasteiger partial charge in [0.15, 0.2) is 5.96 Å². The Labute approximate surface area is 477 Å². The lowest BCUT2D eigenvalue weighted by Gasteiger charge is -2.31. The lowest BCUT2D eigenvalue weighted by Crippen LogP contribution is -2.60. The number of guanidine groups is 1. The monoisotopic (exact) mass is 1180 g/mol. The zero-order valence-electron chi connectivity index (χ0n) is 46.0. The Kier molecular flexibility index (Phi) is 34.5. The Hall–Kier alpha value is -8.08. The highest BCUT2D eigenvalue weighted by molar-refractivity contribution is 7.80. The molecule has 0 bridgehead atoms. The van der Waals surface area contributed by atoms with Crippen molar-refractivity contribution in [3.8, 4) is 0 Å². The number of likely N-dealkylation sites (N-methyl/N-ethyl adjacent to an activating group) is 1. The van der Waals surface area contributed by atoms with Crippen LogP contribution in [-0.2, 0) is 62.3 Å². The zero-order chi connectivity index (χ0) is 61.9. The van der Waals surface area contributed by atoms with Crippen molar-refractivity contribution in [2.75, 3.05) is 71.8 Å². The first-order valence-electron chi connectivity index (χ1n) is 26.2. The molecule has 1 aliphatic heterocycles. The first-order valence-corrected chi connectivity index (χ1v) is 26.8. The number of likely N-dealkylation sites (tertiary alicyclic amines) is 1. The molecule has 0 aromatic carbocycles. The van der Waals surface area contributed by atoms with E-state index < -0.39 is 177 Å². The maximum Gasteiger partial charge on any atom is 0.245 e. The highest BCUT2D eigenvalue weighted by Crippen LogP contribution is 2.21. The second kappa shape index (κ2) is 39.3.